The topological polar surface area (TPSA) is 78.9 Å². The van der Waals surface area contributed by atoms with Crippen molar-refractivity contribution in [2.24, 2.45) is 5.41 Å². The summed E-state index contributed by atoms with van der Waals surface area (Å²) in [6.07, 6.45) is 4.23. The van der Waals surface area contributed by atoms with Crippen molar-refractivity contribution in [2.75, 3.05) is 26.7 Å². The van der Waals surface area contributed by atoms with Crippen molar-refractivity contribution < 1.29 is 19.4 Å². The van der Waals surface area contributed by atoms with Gasteiger partial charge >= 0.3 is 12.0 Å². The standard InChI is InChI=1S/C13H22N2O4/c1-19-10-4-2-7-15(8-10)12(18)14-9-13(11(16)17)5-3-6-13/h10H,2-9H2,1H3,(H,14,18)(H,16,17). The van der Waals surface area contributed by atoms with E-state index in [1.165, 1.54) is 0 Å². The zero-order valence-electron chi connectivity index (χ0n) is 11.4. The maximum Gasteiger partial charge on any atom is 0.317 e. The largest absolute Gasteiger partial charge is 0.481 e. The third kappa shape index (κ3) is 3.00. The van der Waals surface area contributed by atoms with Crippen LogP contribution in [-0.4, -0.2) is 54.9 Å². The number of ether oxygens (including phenoxy) is 1. The minimum absolute atomic E-state index is 0.0941. The Morgan fingerprint density at radius 3 is 2.68 bits per heavy atom. The summed E-state index contributed by atoms with van der Waals surface area (Å²) in [6.45, 7) is 1.53. The average Bonchev–Trinajstić information content (AvgIpc) is 2.37. The van der Waals surface area contributed by atoms with Gasteiger partial charge in [0.05, 0.1) is 11.5 Å². The molecule has 108 valence electrons. The summed E-state index contributed by atoms with van der Waals surface area (Å²) < 4.78 is 5.27. The molecule has 0 aromatic rings. The van der Waals surface area contributed by atoms with Crippen LogP contribution in [0.25, 0.3) is 0 Å². The Balaban J connectivity index is 1.82. The molecule has 2 amide bonds. The van der Waals surface area contributed by atoms with Crippen LogP contribution in [0.3, 0.4) is 0 Å². The summed E-state index contributed by atoms with van der Waals surface area (Å²) in [4.78, 5) is 25.0. The molecule has 6 nitrogen and oxygen atoms in total. The highest BCUT2D eigenvalue weighted by atomic mass is 16.5. The SMILES string of the molecule is COC1CCCN(C(=O)NCC2(C(=O)O)CCC2)C1. The first-order valence-corrected chi connectivity index (χ1v) is 6.86. The summed E-state index contributed by atoms with van der Waals surface area (Å²) in [5, 5.41) is 12.0. The minimum atomic E-state index is -0.799. The maximum absolute atomic E-state index is 12.0. The van der Waals surface area contributed by atoms with Crippen LogP contribution >= 0.6 is 0 Å². The highest BCUT2D eigenvalue weighted by Crippen LogP contribution is 2.40. The Morgan fingerprint density at radius 2 is 2.16 bits per heavy atom. The summed E-state index contributed by atoms with van der Waals surface area (Å²) in [6, 6.07) is -0.172. The molecule has 1 unspecified atom stereocenters. The zero-order chi connectivity index (χ0) is 13.9. The molecule has 1 atom stereocenters. The number of amides is 2. The number of piperidine rings is 1. The van der Waals surface area contributed by atoms with Gasteiger partial charge in [-0.15, -0.1) is 0 Å². The second-order valence-electron chi connectivity index (χ2n) is 5.54. The first kappa shape index (κ1) is 14.1. The molecule has 0 aromatic carbocycles. The van der Waals surface area contributed by atoms with Crippen molar-refractivity contribution in [3.63, 3.8) is 0 Å². The van der Waals surface area contributed by atoms with E-state index in [-0.39, 0.29) is 18.7 Å². The third-order valence-electron chi connectivity index (χ3n) is 4.34. The molecule has 1 heterocycles. The quantitative estimate of drug-likeness (QED) is 0.800. The lowest BCUT2D eigenvalue weighted by atomic mass is 9.69. The molecule has 0 aromatic heterocycles. The Bertz CT molecular complexity index is 355. The van der Waals surface area contributed by atoms with E-state index in [9.17, 15) is 14.7 Å². The summed E-state index contributed by atoms with van der Waals surface area (Å²) in [5.41, 5.74) is -0.730. The molecule has 0 radical (unpaired) electrons. The molecule has 6 heteroatoms. The number of hydrogen-bond donors (Lipinski definition) is 2. The molecule has 2 fully saturated rings. The van der Waals surface area contributed by atoms with E-state index in [0.29, 0.717) is 25.9 Å². The number of urea groups is 1. The van der Waals surface area contributed by atoms with Gasteiger partial charge in [-0.1, -0.05) is 6.42 Å². The van der Waals surface area contributed by atoms with E-state index in [0.717, 1.165) is 19.3 Å². The van der Waals surface area contributed by atoms with Gasteiger partial charge in [0.2, 0.25) is 0 Å². The van der Waals surface area contributed by atoms with Gasteiger partial charge in [0.25, 0.3) is 0 Å². The van der Waals surface area contributed by atoms with E-state index in [4.69, 9.17) is 4.74 Å². The number of carbonyl (C=O) groups is 2. The molecule has 0 bridgehead atoms. The molecule has 19 heavy (non-hydrogen) atoms. The minimum Gasteiger partial charge on any atom is -0.481 e. The number of hydrogen-bond acceptors (Lipinski definition) is 3. The average molecular weight is 270 g/mol. The monoisotopic (exact) mass is 270 g/mol. The number of carboxylic acid groups (broad SMARTS) is 1. The molecule has 2 N–H and O–H groups in total. The van der Waals surface area contributed by atoms with Crippen molar-refractivity contribution >= 4 is 12.0 Å². The number of carboxylic acids is 1. The number of methoxy groups -OCH3 is 1. The molecule has 1 aliphatic heterocycles. The van der Waals surface area contributed by atoms with Gasteiger partial charge in [0.1, 0.15) is 0 Å². The zero-order valence-corrected chi connectivity index (χ0v) is 11.4. The number of nitrogens with one attached hydrogen (secondary N) is 1. The van der Waals surface area contributed by atoms with Gasteiger partial charge in [-0.05, 0) is 25.7 Å². The van der Waals surface area contributed by atoms with Crippen LogP contribution in [-0.2, 0) is 9.53 Å². The van der Waals surface area contributed by atoms with Gasteiger partial charge in [-0.25, -0.2) is 4.79 Å². The maximum atomic E-state index is 12.0. The van der Waals surface area contributed by atoms with Crippen molar-refractivity contribution in [1.29, 1.82) is 0 Å². The predicted molar refractivity (Wildman–Crippen MR) is 68.9 cm³/mol. The fourth-order valence-corrected chi connectivity index (χ4v) is 2.74. The molecule has 0 spiro atoms. The molecule has 2 rings (SSSR count). The van der Waals surface area contributed by atoms with Crippen molar-refractivity contribution in [3.8, 4) is 0 Å². The van der Waals surface area contributed by atoms with E-state index < -0.39 is 11.4 Å². The van der Waals surface area contributed by atoms with Crippen molar-refractivity contribution in [2.45, 2.75) is 38.2 Å². The van der Waals surface area contributed by atoms with Gasteiger partial charge in [-0.2, -0.15) is 0 Å². The first-order chi connectivity index (χ1) is 9.07. The fraction of sp³-hybridized carbons (Fsp3) is 0.846. The smallest absolute Gasteiger partial charge is 0.317 e. The van der Waals surface area contributed by atoms with E-state index >= 15 is 0 Å². The van der Waals surface area contributed by atoms with E-state index in [1.807, 2.05) is 0 Å². The molecule has 2 aliphatic rings. The molecular weight excluding hydrogens is 248 g/mol. The fourth-order valence-electron chi connectivity index (χ4n) is 2.74. The number of nitrogens with zero attached hydrogens (tertiary/aromatic N) is 1. The van der Waals surface area contributed by atoms with Crippen molar-refractivity contribution in [3.05, 3.63) is 0 Å². The Labute approximate surface area is 113 Å². The summed E-state index contributed by atoms with van der Waals surface area (Å²) in [5.74, 6) is -0.799. The van der Waals surface area contributed by atoms with Crippen LogP contribution in [0.5, 0.6) is 0 Å². The highest BCUT2D eigenvalue weighted by molar-refractivity contribution is 5.79. The summed E-state index contributed by atoms with van der Waals surface area (Å²) in [7, 11) is 1.65. The number of rotatable bonds is 4. The highest BCUT2D eigenvalue weighted by Gasteiger charge is 2.44. The lowest BCUT2D eigenvalue weighted by Gasteiger charge is -2.39. The Morgan fingerprint density at radius 1 is 1.42 bits per heavy atom. The van der Waals surface area contributed by atoms with Crippen LogP contribution in [0, 0.1) is 5.41 Å². The molecule has 1 aliphatic carbocycles. The number of aliphatic carboxylic acids is 1. The molecule has 1 saturated heterocycles. The van der Waals surface area contributed by atoms with Gasteiger partial charge < -0.3 is 20.1 Å². The second-order valence-corrected chi connectivity index (χ2v) is 5.54. The predicted octanol–water partition coefficient (Wildman–Crippen LogP) is 1.06. The van der Waals surface area contributed by atoms with Gasteiger partial charge in [-0.3, -0.25) is 4.79 Å². The van der Waals surface area contributed by atoms with Gasteiger partial charge in [0.15, 0.2) is 0 Å². The van der Waals surface area contributed by atoms with Crippen LogP contribution in [0.4, 0.5) is 4.79 Å². The van der Waals surface area contributed by atoms with E-state index in [1.54, 1.807) is 12.0 Å². The van der Waals surface area contributed by atoms with Crippen LogP contribution in [0.2, 0.25) is 0 Å². The number of carbonyl (C=O) groups excluding carboxylic acids is 1. The van der Waals surface area contributed by atoms with Crippen LogP contribution in [0.15, 0.2) is 0 Å². The normalized spacial score (nSPS) is 25.5. The van der Waals surface area contributed by atoms with E-state index in [2.05, 4.69) is 5.32 Å². The Hall–Kier alpha value is -1.30. The first-order valence-electron chi connectivity index (χ1n) is 6.86. The van der Waals surface area contributed by atoms with Crippen molar-refractivity contribution in [1.82, 2.24) is 10.2 Å². The van der Waals surface area contributed by atoms with Crippen LogP contribution < -0.4 is 5.32 Å². The molecule has 1 saturated carbocycles. The lowest BCUT2D eigenvalue weighted by Crippen LogP contribution is -2.53. The lowest BCUT2D eigenvalue weighted by molar-refractivity contribution is -0.153. The molecular formula is C13H22N2O4. The number of likely N-dealkylation sites (tertiary alicyclic amines) is 1. The third-order valence-corrected chi connectivity index (χ3v) is 4.34. The van der Waals surface area contributed by atoms with Crippen LogP contribution in [0.1, 0.15) is 32.1 Å². The van der Waals surface area contributed by atoms with Gasteiger partial charge in [0, 0.05) is 26.7 Å². The Kier molecular flexibility index (Phi) is 4.29. The second kappa shape index (κ2) is 5.77. The summed E-state index contributed by atoms with van der Waals surface area (Å²) >= 11 is 0.